The highest BCUT2D eigenvalue weighted by molar-refractivity contribution is 7.98. The third-order valence-electron chi connectivity index (χ3n) is 2.90. The Balaban J connectivity index is 2.23. The van der Waals surface area contributed by atoms with Crippen LogP contribution in [0.1, 0.15) is 17.0 Å². The number of hydrogen-bond acceptors (Lipinski definition) is 4. The lowest BCUT2D eigenvalue weighted by Gasteiger charge is -2.14. The lowest BCUT2D eigenvalue weighted by atomic mass is 10.1. The van der Waals surface area contributed by atoms with E-state index in [9.17, 15) is 0 Å². The van der Waals surface area contributed by atoms with Gasteiger partial charge in [-0.15, -0.1) is 11.8 Å². The number of nitrogens with one attached hydrogen (secondary N) is 1. The Morgan fingerprint density at radius 3 is 2.70 bits per heavy atom. The summed E-state index contributed by atoms with van der Waals surface area (Å²) in [6, 6.07) is 12.0. The minimum Gasteiger partial charge on any atom is -0.389 e. The van der Waals surface area contributed by atoms with Gasteiger partial charge in [0, 0.05) is 21.8 Å². The van der Waals surface area contributed by atoms with Crippen molar-refractivity contribution in [2.75, 3.05) is 11.6 Å². The van der Waals surface area contributed by atoms with Gasteiger partial charge in [-0.05, 0) is 37.4 Å². The molecular formula is C15H17N3S2. The van der Waals surface area contributed by atoms with Crippen molar-refractivity contribution < 1.29 is 0 Å². The monoisotopic (exact) mass is 303 g/mol. The zero-order valence-electron chi connectivity index (χ0n) is 11.5. The molecule has 0 unspecified atom stereocenters. The molecule has 2 aromatic rings. The van der Waals surface area contributed by atoms with E-state index in [2.05, 4.69) is 10.3 Å². The summed E-state index contributed by atoms with van der Waals surface area (Å²) in [5.41, 5.74) is 9.71. The van der Waals surface area contributed by atoms with Crippen molar-refractivity contribution in [2.45, 2.75) is 18.4 Å². The summed E-state index contributed by atoms with van der Waals surface area (Å²) < 4.78 is 0. The Morgan fingerprint density at radius 2 is 2.05 bits per heavy atom. The van der Waals surface area contributed by atoms with E-state index in [1.807, 2.05) is 49.6 Å². The molecule has 0 aliphatic rings. The quantitative estimate of drug-likeness (QED) is 0.655. The maximum Gasteiger partial charge on any atom is 0.107 e. The molecule has 1 aromatic carbocycles. The van der Waals surface area contributed by atoms with E-state index in [-0.39, 0.29) is 0 Å². The van der Waals surface area contributed by atoms with E-state index in [0.29, 0.717) is 11.5 Å². The van der Waals surface area contributed by atoms with Crippen LogP contribution in [0.2, 0.25) is 0 Å². The van der Waals surface area contributed by atoms with Gasteiger partial charge in [0.25, 0.3) is 0 Å². The van der Waals surface area contributed by atoms with Crippen LogP contribution < -0.4 is 11.1 Å². The summed E-state index contributed by atoms with van der Waals surface area (Å²) in [7, 11) is 0. The molecule has 0 aliphatic carbocycles. The van der Waals surface area contributed by atoms with Crippen molar-refractivity contribution in [3.05, 3.63) is 53.3 Å². The number of aromatic nitrogens is 1. The summed E-state index contributed by atoms with van der Waals surface area (Å²) in [6.07, 6.45) is 2.02. The lowest BCUT2D eigenvalue weighted by Crippen LogP contribution is -2.14. The van der Waals surface area contributed by atoms with Crippen molar-refractivity contribution in [3.8, 4) is 0 Å². The Morgan fingerprint density at radius 1 is 1.30 bits per heavy atom. The molecule has 0 amide bonds. The van der Waals surface area contributed by atoms with Crippen LogP contribution in [0.25, 0.3) is 0 Å². The fourth-order valence-corrected chi connectivity index (χ4v) is 2.91. The first kappa shape index (κ1) is 14.8. The average molecular weight is 303 g/mol. The van der Waals surface area contributed by atoms with E-state index < -0.39 is 0 Å². The fraction of sp³-hybridized carbons (Fsp3) is 0.200. The Bertz CT molecular complexity index is 626. The molecule has 3 nitrogen and oxygen atoms in total. The lowest BCUT2D eigenvalue weighted by molar-refractivity contribution is 1.01. The van der Waals surface area contributed by atoms with Gasteiger partial charge in [-0.3, -0.25) is 4.98 Å². The van der Waals surface area contributed by atoms with Crippen molar-refractivity contribution in [3.63, 3.8) is 0 Å². The molecule has 0 radical (unpaired) electrons. The molecule has 3 N–H and O–H groups in total. The van der Waals surface area contributed by atoms with Crippen molar-refractivity contribution >= 4 is 34.7 Å². The standard InChI is InChI=1S/C15H17N3S2/c1-10-5-3-6-11(18-10)9-17-12-7-4-8-13(20-2)14(12)15(16)19/h3-8,17H,9H2,1-2H3,(H2,16,19). The maximum atomic E-state index is 5.85. The number of aryl methyl sites for hydroxylation is 1. The van der Waals surface area contributed by atoms with Crippen molar-refractivity contribution in [1.82, 2.24) is 4.98 Å². The Labute approximate surface area is 129 Å². The zero-order chi connectivity index (χ0) is 14.5. The molecule has 5 heteroatoms. The molecule has 1 heterocycles. The average Bonchev–Trinajstić information content (AvgIpc) is 2.44. The number of hydrogen-bond donors (Lipinski definition) is 2. The van der Waals surface area contributed by atoms with Gasteiger partial charge in [0.05, 0.1) is 12.2 Å². The molecule has 104 valence electrons. The zero-order valence-corrected chi connectivity index (χ0v) is 13.1. The van der Waals surface area contributed by atoms with Crippen molar-refractivity contribution in [2.24, 2.45) is 5.73 Å². The molecular weight excluding hydrogens is 286 g/mol. The number of thioether (sulfide) groups is 1. The van der Waals surface area contributed by atoms with Crippen LogP contribution in [0.5, 0.6) is 0 Å². The minimum absolute atomic E-state index is 0.412. The molecule has 2 rings (SSSR count). The predicted molar refractivity (Wildman–Crippen MR) is 90.4 cm³/mol. The van der Waals surface area contributed by atoms with Crippen molar-refractivity contribution in [1.29, 1.82) is 0 Å². The first-order valence-electron chi connectivity index (χ1n) is 6.25. The molecule has 0 bridgehead atoms. The van der Waals surface area contributed by atoms with Gasteiger partial charge in [0.15, 0.2) is 0 Å². The number of thiocarbonyl (C=S) groups is 1. The summed E-state index contributed by atoms with van der Waals surface area (Å²) in [5, 5.41) is 3.37. The summed E-state index contributed by atoms with van der Waals surface area (Å²) in [5.74, 6) is 0. The number of benzene rings is 1. The third kappa shape index (κ3) is 3.49. The van der Waals surface area contributed by atoms with Crippen LogP contribution >= 0.6 is 24.0 Å². The first-order chi connectivity index (χ1) is 9.61. The number of rotatable bonds is 5. The van der Waals surface area contributed by atoms with Crippen LogP contribution in [0.4, 0.5) is 5.69 Å². The van der Waals surface area contributed by atoms with Gasteiger partial charge in [-0.2, -0.15) is 0 Å². The highest BCUT2D eigenvalue weighted by Gasteiger charge is 2.10. The Kier molecular flexibility index (Phi) is 4.98. The molecule has 0 aliphatic heterocycles. The van der Waals surface area contributed by atoms with E-state index in [4.69, 9.17) is 18.0 Å². The summed E-state index contributed by atoms with van der Waals surface area (Å²) in [6.45, 7) is 2.63. The molecule has 0 fully saturated rings. The van der Waals surface area contributed by atoms with E-state index in [1.54, 1.807) is 11.8 Å². The topological polar surface area (TPSA) is 50.9 Å². The molecule has 1 aromatic heterocycles. The molecule has 20 heavy (non-hydrogen) atoms. The normalized spacial score (nSPS) is 10.3. The second-order valence-electron chi connectivity index (χ2n) is 4.37. The SMILES string of the molecule is CSc1cccc(NCc2cccc(C)n2)c1C(N)=S. The first-order valence-corrected chi connectivity index (χ1v) is 7.88. The van der Waals surface area contributed by atoms with Gasteiger partial charge < -0.3 is 11.1 Å². The highest BCUT2D eigenvalue weighted by Crippen LogP contribution is 2.27. The van der Waals surface area contributed by atoms with Crippen LogP contribution in [0, 0.1) is 6.92 Å². The predicted octanol–water partition coefficient (Wildman–Crippen LogP) is 3.36. The van der Waals surface area contributed by atoms with Gasteiger partial charge in [0.2, 0.25) is 0 Å². The minimum atomic E-state index is 0.412. The second kappa shape index (κ2) is 6.72. The van der Waals surface area contributed by atoms with E-state index in [1.165, 1.54) is 0 Å². The number of anilines is 1. The number of nitrogens with zero attached hydrogens (tertiary/aromatic N) is 1. The molecule has 0 saturated heterocycles. The maximum absolute atomic E-state index is 5.85. The largest absolute Gasteiger partial charge is 0.389 e. The van der Waals surface area contributed by atoms with Crippen LogP contribution in [0.3, 0.4) is 0 Å². The smallest absolute Gasteiger partial charge is 0.107 e. The number of nitrogens with two attached hydrogens (primary N) is 1. The number of pyridine rings is 1. The van der Waals surface area contributed by atoms with Gasteiger partial charge in [-0.25, -0.2) is 0 Å². The van der Waals surface area contributed by atoms with Crippen LogP contribution in [0.15, 0.2) is 41.3 Å². The summed E-state index contributed by atoms with van der Waals surface area (Å²) in [4.78, 5) is 5.97. The summed E-state index contributed by atoms with van der Waals surface area (Å²) >= 11 is 6.80. The molecule has 0 spiro atoms. The van der Waals surface area contributed by atoms with Gasteiger partial charge >= 0.3 is 0 Å². The molecule has 0 saturated carbocycles. The van der Waals surface area contributed by atoms with E-state index in [0.717, 1.165) is 27.5 Å². The third-order valence-corrected chi connectivity index (χ3v) is 3.88. The van der Waals surface area contributed by atoms with Crippen LogP contribution in [-0.4, -0.2) is 16.2 Å². The van der Waals surface area contributed by atoms with Crippen LogP contribution in [-0.2, 0) is 6.54 Å². The van der Waals surface area contributed by atoms with Gasteiger partial charge in [0.1, 0.15) is 4.99 Å². The highest BCUT2D eigenvalue weighted by atomic mass is 32.2. The second-order valence-corrected chi connectivity index (χ2v) is 5.66. The Hall–Kier alpha value is -1.59. The fourth-order valence-electron chi connectivity index (χ4n) is 1.99. The van der Waals surface area contributed by atoms with Gasteiger partial charge in [-0.1, -0.05) is 24.4 Å². The molecule has 0 atom stereocenters. The van der Waals surface area contributed by atoms with E-state index >= 15 is 0 Å².